The maximum absolute atomic E-state index is 11.9. The van der Waals surface area contributed by atoms with E-state index in [0.717, 1.165) is 8.76 Å². The van der Waals surface area contributed by atoms with E-state index in [4.69, 9.17) is 14.3 Å². The van der Waals surface area contributed by atoms with Crippen LogP contribution in [0.5, 0.6) is 11.5 Å². The second kappa shape index (κ2) is 5.57. The van der Waals surface area contributed by atoms with Gasteiger partial charge >= 0.3 is 0 Å². The molecule has 8 heteroatoms. The molecule has 1 atom stereocenters. The van der Waals surface area contributed by atoms with Crippen molar-refractivity contribution in [2.75, 3.05) is 20.8 Å². The first-order chi connectivity index (χ1) is 8.52. The lowest BCUT2D eigenvalue weighted by Crippen LogP contribution is -2.44. The third kappa shape index (κ3) is 2.69. The fourth-order valence-corrected chi connectivity index (χ4v) is 2.79. The molecule has 1 aromatic heterocycles. The second-order valence-electron chi connectivity index (χ2n) is 3.50. The fraction of sp³-hybridized carbons (Fsp3) is 0.400. The lowest BCUT2D eigenvalue weighted by atomic mass is 10.3. The first-order valence-electron chi connectivity index (χ1n) is 5.00. The SMILES string of the molecule is CON(C)C(=O)C1COc2c(cc(I)nc2Br)O1. The van der Waals surface area contributed by atoms with Gasteiger partial charge in [0.05, 0.1) is 7.11 Å². The van der Waals surface area contributed by atoms with E-state index in [0.29, 0.717) is 16.1 Å². The minimum Gasteiger partial charge on any atom is -0.483 e. The van der Waals surface area contributed by atoms with Gasteiger partial charge in [-0.3, -0.25) is 9.63 Å². The van der Waals surface area contributed by atoms with E-state index >= 15 is 0 Å². The van der Waals surface area contributed by atoms with Crippen LogP contribution in [-0.2, 0) is 9.63 Å². The number of hydroxylamine groups is 2. The topological polar surface area (TPSA) is 60.9 Å². The molecule has 0 aromatic carbocycles. The molecule has 18 heavy (non-hydrogen) atoms. The zero-order valence-corrected chi connectivity index (χ0v) is 13.4. The zero-order valence-electron chi connectivity index (χ0n) is 9.65. The van der Waals surface area contributed by atoms with Crippen LogP contribution in [0.4, 0.5) is 0 Å². The first kappa shape index (κ1) is 13.8. The number of rotatable bonds is 2. The van der Waals surface area contributed by atoms with Gasteiger partial charge in [-0.05, 0) is 38.5 Å². The molecule has 1 unspecified atom stereocenters. The molecule has 1 aromatic rings. The molecule has 1 aliphatic heterocycles. The number of aromatic nitrogens is 1. The number of likely N-dealkylation sites (N-methyl/N-ethyl adjacent to an activating group) is 1. The molecule has 1 amide bonds. The van der Waals surface area contributed by atoms with Crippen LogP contribution >= 0.6 is 38.5 Å². The van der Waals surface area contributed by atoms with Gasteiger partial charge < -0.3 is 9.47 Å². The highest BCUT2D eigenvalue weighted by atomic mass is 127. The number of carbonyl (C=O) groups excluding carboxylic acids is 1. The monoisotopic (exact) mass is 428 g/mol. The summed E-state index contributed by atoms with van der Waals surface area (Å²) in [5.41, 5.74) is 0. The number of fused-ring (bicyclic) bond motifs is 1. The summed E-state index contributed by atoms with van der Waals surface area (Å²) in [6, 6.07) is 1.72. The Kier molecular flexibility index (Phi) is 4.28. The molecule has 0 N–H and O–H groups in total. The van der Waals surface area contributed by atoms with Gasteiger partial charge in [0.15, 0.2) is 16.1 Å². The molecule has 0 saturated carbocycles. The Balaban J connectivity index is 2.22. The Labute approximate surface area is 126 Å². The fourth-order valence-electron chi connectivity index (χ4n) is 1.43. The Morgan fingerprint density at radius 2 is 2.44 bits per heavy atom. The number of nitrogens with zero attached hydrogens (tertiary/aromatic N) is 2. The van der Waals surface area contributed by atoms with E-state index in [9.17, 15) is 4.79 Å². The van der Waals surface area contributed by atoms with Crippen LogP contribution in [0, 0.1) is 3.70 Å². The Bertz CT molecular complexity index is 485. The van der Waals surface area contributed by atoms with E-state index in [1.165, 1.54) is 14.2 Å². The van der Waals surface area contributed by atoms with E-state index < -0.39 is 6.10 Å². The number of carbonyl (C=O) groups is 1. The number of pyridine rings is 1. The highest BCUT2D eigenvalue weighted by Crippen LogP contribution is 2.38. The summed E-state index contributed by atoms with van der Waals surface area (Å²) in [6.07, 6.45) is -0.715. The molecule has 2 heterocycles. The first-order valence-corrected chi connectivity index (χ1v) is 6.87. The van der Waals surface area contributed by atoms with E-state index in [1.54, 1.807) is 6.07 Å². The maximum Gasteiger partial charge on any atom is 0.290 e. The van der Waals surface area contributed by atoms with Crippen LogP contribution in [0.15, 0.2) is 10.7 Å². The quantitative estimate of drug-likeness (QED) is 0.407. The number of hydrogen-bond donors (Lipinski definition) is 0. The van der Waals surface area contributed by atoms with E-state index in [1.807, 2.05) is 0 Å². The normalized spacial score (nSPS) is 17.4. The van der Waals surface area contributed by atoms with Gasteiger partial charge in [-0.15, -0.1) is 0 Å². The van der Waals surface area contributed by atoms with E-state index in [-0.39, 0.29) is 12.5 Å². The average Bonchev–Trinajstić information content (AvgIpc) is 2.36. The van der Waals surface area contributed by atoms with Crippen molar-refractivity contribution >= 4 is 44.4 Å². The summed E-state index contributed by atoms with van der Waals surface area (Å²) in [4.78, 5) is 20.9. The summed E-state index contributed by atoms with van der Waals surface area (Å²) in [7, 11) is 2.94. The van der Waals surface area contributed by atoms with Gasteiger partial charge in [0.25, 0.3) is 5.91 Å². The number of hydrogen-bond acceptors (Lipinski definition) is 5. The van der Waals surface area contributed by atoms with Gasteiger partial charge in [0, 0.05) is 13.1 Å². The van der Waals surface area contributed by atoms with Crippen molar-refractivity contribution in [1.29, 1.82) is 0 Å². The minimum atomic E-state index is -0.715. The molecule has 0 radical (unpaired) electrons. The van der Waals surface area contributed by atoms with Crippen LogP contribution in [0.1, 0.15) is 0 Å². The van der Waals surface area contributed by atoms with Crippen LogP contribution < -0.4 is 9.47 Å². The lowest BCUT2D eigenvalue weighted by Gasteiger charge is -2.28. The van der Waals surface area contributed by atoms with Gasteiger partial charge in [-0.2, -0.15) is 0 Å². The van der Waals surface area contributed by atoms with Crippen molar-refractivity contribution < 1.29 is 19.1 Å². The van der Waals surface area contributed by atoms with Crippen molar-refractivity contribution in [3.05, 3.63) is 14.4 Å². The second-order valence-corrected chi connectivity index (χ2v) is 5.36. The third-order valence-electron chi connectivity index (χ3n) is 2.37. The van der Waals surface area contributed by atoms with Gasteiger partial charge in [0.1, 0.15) is 10.3 Å². The number of ether oxygens (including phenoxy) is 2. The molecule has 2 rings (SSSR count). The smallest absolute Gasteiger partial charge is 0.290 e. The molecular weight excluding hydrogens is 419 g/mol. The summed E-state index contributed by atoms with van der Waals surface area (Å²) in [6.45, 7) is 0.125. The Hall–Kier alpha value is -0.610. The van der Waals surface area contributed by atoms with E-state index in [2.05, 4.69) is 43.5 Å². The van der Waals surface area contributed by atoms with Crippen LogP contribution in [0.25, 0.3) is 0 Å². The minimum absolute atomic E-state index is 0.125. The molecular formula is C10H10BrIN2O4. The highest BCUT2D eigenvalue weighted by Gasteiger charge is 2.31. The summed E-state index contributed by atoms with van der Waals surface area (Å²) in [5, 5.41) is 1.11. The van der Waals surface area contributed by atoms with Crippen LogP contribution in [0.3, 0.4) is 0 Å². The summed E-state index contributed by atoms with van der Waals surface area (Å²) < 4.78 is 12.4. The van der Waals surface area contributed by atoms with Crippen molar-refractivity contribution in [2.24, 2.45) is 0 Å². The molecule has 0 saturated heterocycles. The average molecular weight is 429 g/mol. The predicted octanol–water partition coefficient (Wildman–Crippen LogP) is 1.61. The maximum atomic E-state index is 11.9. The van der Waals surface area contributed by atoms with Crippen molar-refractivity contribution in [3.8, 4) is 11.5 Å². The molecule has 1 aliphatic rings. The molecule has 0 aliphatic carbocycles. The van der Waals surface area contributed by atoms with Crippen molar-refractivity contribution in [3.63, 3.8) is 0 Å². The Morgan fingerprint density at radius 3 is 3.11 bits per heavy atom. The molecule has 0 bridgehead atoms. The number of amides is 1. The van der Waals surface area contributed by atoms with Crippen LogP contribution in [-0.4, -0.2) is 42.8 Å². The predicted molar refractivity (Wildman–Crippen MR) is 74.3 cm³/mol. The Morgan fingerprint density at radius 1 is 1.72 bits per heavy atom. The number of halogens is 2. The third-order valence-corrected chi connectivity index (χ3v) is 3.46. The lowest BCUT2D eigenvalue weighted by molar-refractivity contribution is -0.178. The molecule has 0 spiro atoms. The molecule has 6 nitrogen and oxygen atoms in total. The van der Waals surface area contributed by atoms with Gasteiger partial charge in [-0.25, -0.2) is 10.0 Å². The van der Waals surface area contributed by atoms with Crippen molar-refractivity contribution in [1.82, 2.24) is 10.0 Å². The highest BCUT2D eigenvalue weighted by molar-refractivity contribution is 14.1. The summed E-state index contributed by atoms with van der Waals surface area (Å²) >= 11 is 5.35. The standard InChI is InChI=1S/C10H10BrIN2O4/c1-14(16-2)10(15)6-4-17-8-5(18-6)3-7(12)13-9(8)11/h3,6H,4H2,1-2H3. The van der Waals surface area contributed by atoms with Gasteiger partial charge in [-0.1, -0.05) is 0 Å². The molecule has 98 valence electrons. The molecule has 0 fully saturated rings. The largest absolute Gasteiger partial charge is 0.483 e. The summed E-state index contributed by atoms with van der Waals surface area (Å²) in [5.74, 6) is 0.709. The zero-order chi connectivity index (χ0) is 13.3. The van der Waals surface area contributed by atoms with Crippen LogP contribution in [0.2, 0.25) is 0 Å². The van der Waals surface area contributed by atoms with Crippen molar-refractivity contribution in [2.45, 2.75) is 6.10 Å². The van der Waals surface area contributed by atoms with Gasteiger partial charge in [0.2, 0.25) is 6.10 Å².